The quantitative estimate of drug-likeness (QED) is 0.458. The van der Waals surface area contributed by atoms with Gasteiger partial charge in [0.2, 0.25) is 0 Å². The Hall–Kier alpha value is -2.14. The summed E-state index contributed by atoms with van der Waals surface area (Å²) in [4.78, 5) is 23.9. The first-order valence-corrected chi connectivity index (χ1v) is 6.90. The summed E-state index contributed by atoms with van der Waals surface area (Å²) in [5.41, 5.74) is 6.63. The number of hydrogen-bond donors (Lipinski definition) is 2. The molecule has 114 valence electrons. The second-order valence-corrected chi connectivity index (χ2v) is 4.83. The second-order valence-electron chi connectivity index (χ2n) is 4.83. The number of hydrogen-bond acceptors (Lipinski definition) is 4. The fourth-order valence-corrected chi connectivity index (χ4v) is 1.71. The molecule has 0 aliphatic rings. The normalized spacial score (nSPS) is 13.1. The van der Waals surface area contributed by atoms with Gasteiger partial charge in [0.05, 0.1) is 6.61 Å². The maximum absolute atomic E-state index is 12.0. The molecule has 5 heteroatoms. The van der Waals surface area contributed by atoms with E-state index in [0.29, 0.717) is 5.56 Å². The number of benzene rings is 1. The van der Waals surface area contributed by atoms with Gasteiger partial charge in [0.1, 0.15) is 6.04 Å². The minimum atomic E-state index is -0.671. The van der Waals surface area contributed by atoms with Crippen molar-refractivity contribution in [2.24, 2.45) is 5.92 Å². The van der Waals surface area contributed by atoms with Crippen LogP contribution in [0.3, 0.4) is 0 Å². The summed E-state index contributed by atoms with van der Waals surface area (Å²) in [6, 6.07) is 8.09. The van der Waals surface area contributed by atoms with Gasteiger partial charge in [-0.05, 0) is 26.0 Å². The highest BCUT2D eigenvalue weighted by Crippen LogP contribution is 2.13. The molecule has 0 saturated carbocycles. The number of amides is 1. The van der Waals surface area contributed by atoms with Gasteiger partial charge in [0.15, 0.2) is 0 Å². The molecule has 0 unspecified atom stereocenters. The van der Waals surface area contributed by atoms with Crippen molar-refractivity contribution >= 4 is 11.9 Å². The highest BCUT2D eigenvalue weighted by Gasteiger charge is 2.27. The number of carbonyl (C=O) groups is 2. The molecule has 2 atom stereocenters. The van der Waals surface area contributed by atoms with E-state index in [1.54, 1.807) is 31.2 Å². The summed E-state index contributed by atoms with van der Waals surface area (Å²) >= 11 is 0. The van der Waals surface area contributed by atoms with Gasteiger partial charge in [0, 0.05) is 11.5 Å². The summed E-state index contributed by atoms with van der Waals surface area (Å²) in [6.45, 7) is 9.55. The molecule has 0 bridgehead atoms. The van der Waals surface area contributed by atoms with E-state index >= 15 is 0 Å². The van der Waals surface area contributed by atoms with Crippen LogP contribution in [-0.2, 0) is 9.53 Å². The summed E-state index contributed by atoms with van der Waals surface area (Å²) in [6.07, 6.45) is 0. The Morgan fingerprint density at radius 1 is 1.29 bits per heavy atom. The van der Waals surface area contributed by atoms with Crippen LogP contribution in [0.15, 0.2) is 42.5 Å². The molecular weight excluding hydrogens is 268 g/mol. The zero-order chi connectivity index (χ0) is 15.8. The topological polar surface area (TPSA) is 67.4 Å². The smallest absolute Gasteiger partial charge is 0.325 e. The molecular formula is C16H22N2O3. The molecule has 1 aromatic carbocycles. The van der Waals surface area contributed by atoms with Gasteiger partial charge in [-0.15, -0.1) is 0 Å². The molecule has 21 heavy (non-hydrogen) atoms. The molecule has 1 aromatic rings. The predicted octanol–water partition coefficient (Wildman–Crippen LogP) is 2.06. The van der Waals surface area contributed by atoms with Crippen molar-refractivity contribution < 1.29 is 14.3 Å². The Morgan fingerprint density at radius 3 is 2.43 bits per heavy atom. The largest absolute Gasteiger partial charge is 0.465 e. The van der Waals surface area contributed by atoms with Crippen molar-refractivity contribution in [3.05, 3.63) is 48.0 Å². The van der Waals surface area contributed by atoms with Crippen LogP contribution in [-0.4, -0.2) is 24.5 Å². The lowest BCUT2D eigenvalue weighted by Gasteiger charge is -2.24. The summed E-state index contributed by atoms with van der Waals surface area (Å²) < 4.78 is 5.02. The lowest BCUT2D eigenvalue weighted by atomic mass is 9.96. The Kier molecular flexibility index (Phi) is 6.62. The van der Waals surface area contributed by atoms with Crippen LogP contribution in [0, 0.1) is 5.92 Å². The second kappa shape index (κ2) is 8.21. The molecule has 0 aliphatic heterocycles. The maximum Gasteiger partial charge on any atom is 0.325 e. The van der Waals surface area contributed by atoms with E-state index in [0.717, 1.165) is 5.57 Å². The third-order valence-corrected chi connectivity index (χ3v) is 3.20. The van der Waals surface area contributed by atoms with E-state index in [-0.39, 0.29) is 18.4 Å². The Morgan fingerprint density at radius 2 is 1.90 bits per heavy atom. The number of hydrazine groups is 1. The molecule has 0 aliphatic carbocycles. The van der Waals surface area contributed by atoms with E-state index in [2.05, 4.69) is 17.4 Å². The molecule has 0 fully saturated rings. The van der Waals surface area contributed by atoms with Crippen LogP contribution in [0.4, 0.5) is 0 Å². The molecule has 0 radical (unpaired) electrons. The summed E-state index contributed by atoms with van der Waals surface area (Å²) in [5, 5.41) is 0. The zero-order valence-corrected chi connectivity index (χ0v) is 12.7. The fraction of sp³-hybridized carbons (Fsp3) is 0.375. The summed E-state index contributed by atoms with van der Waals surface area (Å²) in [5.74, 6) is -0.889. The molecule has 2 N–H and O–H groups in total. The predicted molar refractivity (Wildman–Crippen MR) is 81.4 cm³/mol. The highest BCUT2D eigenvalue weighted by molar-refractivity contribution is 5.94. The van der Waals surface area contributed by atoms with Crippen molar-refractivity contribution in [1.82, 2.24) is 10.9 Å². The van der Waals surface area contributed by atoms with Crippen molar-refractivity contribution in [3.8, 4) is 0 Å². The Bertz CT molecular complexity index is 500. The van der Waals surface area contributed by atoms with E-state index in [4.69, 9.17) is 4.74 Å². The van der Waals surface area contributed by atoms with Gasteiger partial charge in [-0.3, -0.25) is 15.0 Å². The van der Waals surface area contributed by atoms with Gasteiger partial charge >= 0.3 is 5.97 Å². The first-order valence-electron chi connectivity index (χ1n) is 6.90. The van der Waals surface area contributed by atoms with Crippen LogP contribution in [0.5, 0.6) is 0 Å². The Labute approximate surface area is 125 Å². The van der Waals surface area contributed by atoms with Gasteiger partial charge in [0.25, 0.3) is 5.91 Å². The molecule has 0 spiro atoms. The average Bonchev–Trinajstić information content (AvgIpc) is 2.48. The van der Waals surface area contributed by atoms with E-state index < -0.39 is 12.0 Å². The zero-order valence-electron chi connectivity index (χ0n) is 12.7. The fourth-order valence-electron chi connectivity index (χ4n) is 1.71. The third kappa shape index (κ3) is 5.04. The van der Waals surface area contributed by atoms with Crippen molar-refractivity contribution in [3.63, 3.8) is 0 Å². The minimum Gasteiger partial charge on any atom is -0.465 e. The third-order valence-electron chi connectivity index (χ3n) is 3.20. The van der Waals surface area contributed by atoms with Crippen LogP contribution in [0.1, 0.15) is 31.1 Å². The van der Waals surface area contributed by atoms with Gasteiger partial charge < -0.3 is 4.74 Å². The van der Waals surface area contributed by atoms with Crippen molar-refractivity contribution in [2.75, 3.05) is 6.61 Å². The first-order chi connectivity index (χ1) is 9.97. The van der Waals surface area contributed by atoms with Gasteiger partial charge in [-0.25, -0.2) is 5.43 Å². The lowest BCUT2D eigenvalue weighted by molar-refractivity contribution is -0.146. The SMILES string of the molecule is C=C(C)[C@@H](C)[C@@H](NNC(=O)c1ccccc1)C(=O)OCC. The minimum absolute atomic E-state index is 0.167. The van der Waals surface area contributed by atoms with Crippen LogP contribution in [0.2, 0.25) is 0 Å². The first kappa shape index (κ1) is 16.9. The molecule has 1 rings (SSSR count). The maximum atomic E-state index is 12.0. The monoisotopic (exact) mass is 290 g/mol. The van der Waals surface area contributed by atoms with Crippen LogP contribution >= 0.6 is 0 Å². The number of nitrogens with one attached hydrogen (secondary N) is 2. The van der Waals surface area contributed by atoms with Crippen molar-refractivity contribution in [1.29, 1.82) is 0 Å². The molecule has 1 amide bonds. The van der Waals surface area contributed by atoms with Crippen molar-refractivity contribution in [2.45, 2.75) is 26.8 Å². The number of ether oxygens (including phenoxy) is 1. The van der Waals surface area contributed by atoms with Crippen LogP contribution < -0.4 is 10.9 Å². The average molecular weight is 290 g/mol. The number of carbonyl (C=O) groups excluding carboxylic acids is 2. The molecule has 0 saturated heterocycles. The van der Waals surface area contributed by atoms with Gasteiger partial charge in [-0.2, -0.15) is 0 Å². The van der Waals surface area contributed by atoms with E-state index in [1.165, 1.54) is 0 Å². The Balaban J connectivity index is 2.71. The lowest BCUT2D eigenvalue weighted by Crippen LogP contribution is -2.52. The van der Waals surface area contributed by atoms with Crippen LogP contribution in [0.25, 0.3) is 0 Å². The van der Waals surface area contributed by atoms with E-state index in [1.807, 2.05) is 19.9 Å². The molecule has 5 nitrogen and oxygen atoms in total. The van der Waals surface area contributed by atoms with E-state index in [9.17, 15) is 9.59 Å². The highest BCUT2D eigenvalue weighted by atomic mass is 16.5. The summed E-state index contributed by atoms with van der Waals surface area (Å²) in [7, 11) is 0. The molecule has 0 heterocycles. The number of esters is 1. The standard InChI is InChI=1S/C16H22N2O3/c1-5-21-16(20)14(12(4)11(2)3)17-18-15(19)13-9-7-6-8-10-13/h6-10,12,14,17H,2,5H2,1,3-4H3,(H,18,19)/t12-,14-/m1/s1. The van der Waals surface area contributed by atoms with Gasteiger partial charge in [-0.1, -0.05) is 37.3 Å². The molecule has 0 aromatic heterocycles. The number of rotatable bonds is 7.